The molecule has 2 aromatic heterocycles. The van der Waals surface area contributed by atoms with Gasteiger partial charge in [-0.15, -0.1) is 11.3 Å². The molecule has 0 spiro atoms. The first-order valence-electron chi connectivity index (χ1n) is 9.87. The van der Waals surface area contributed by atoms with Crippen LogP contribution in [0.5, 0.6) is 0 Å². The van der Waals surface area contributed by atoms with Crippen LogP contribution >= 0.6 is 11.3 Å². The van der Waals surface area contributed by atoms with Crippen molar-refractivity contribution in [1.82, 2.24) is 20.6 Å². The van der Waals surface area contributed by atoms with Crippen LogP contribution in [0, 0.1) is 0 Å². The van der Waals surface area contributed by atoms with Crippen LogP contribution in [0.1, 0.15) is 29.3 Å². The minimum Gasteiger partial charge on any atom is -0.375 e. The Bertz CT molecular complexity index is 760. The van der Waals surface area contributed by atoms with Crippen LogP contribution in [0.4, 0.5) is 5.82 Å². The summed E-state index contributed by atoms with van der Waals surface area (Å²) in [5, 5.41) is 7.85. The third kappa shape index (κ3) is 5.90. The van der Waals surface area contributed by atoms with Crippen molar-refractivity contribution in [2.45, 2.75) is 39.3 Å². The van der Waals surface area contributed by atoms with Crippen molar-refractivity contribution in [3.63, 3.8) is 0 Å². The zero-order valence-electron chi connectivity index (χ0n) is 16.9. The zero-order valence-corrected chi connectivity index (χ0v) is 17.8. The van der Waals surface area contributed by atoms with Gasteiger partial charge in [-0.05, 0) is 25.0 Å². The Balaban J connectivity index is 1.43. The van der Waals surface area contributed by atoms with Crippen LogP contribution in [0.3, 0.4) is 0 Å². The minimum absolute atomic E-state index is 0.254. The first-order valence-corrected chi connectivity index (χ1v) is 10.7. The molecular formula is C20H30N6OS. The van der Waals surface area contributed by atoms with Crippen molar-refractivity contribution in [1.29, 1.82) is 0 Å². The van der Waals surface area contributed by atoms with E-state index in [1.54, 1.807) is 18.4 Å². The monoisotopic (exact) mass is 402 g/mol. The third-order valence-electron chi connectivity index (χ3n) is 4.64. The quantitative estimate of drug-likeness (QED) is 0.547. The van der Waals surface area contributed by atoms with E-state index in [1.165, 1.54) is 4.88 Å². The van der Waals surface area contributed by atoms with Gasteiger partial charge in [-0.1, -0.05) is 13.0 Å². The van der Waals surface area contributed by atoms with E-state index in [9.17, 15) is 0 Å². The number of aryl methyl sites for hydroxylation is 1. The van der Waals surface area contributed by atoms with Gasteiger partial charge in [0.05, 0.1) is 17.7 Å². The van der Waals surface area contributed by atoms with E-state index in [4.69, 9.17) is 4.74 Å². The Morgan fingerprint density at radius 3 is 2.89 bits per heavy atom. The molecule has 2 N–H and O–H groups in total. The van der Waals surface area contributed by atoms with Gasteiger partial charge in [0.1, 0.15) is 5.82 Å². The molecule has 0 radical (unpaired) electrons. The molecule has 1 aliphatic rings. The highest BCUT2D eigenvalue weighted by atomic mass is 32.1. The number of thiazole rings is 1. The summed E-state index contributed by atoms with van der Waals surface area (Å²) in [7, 11) is 1.79. The van der Waals surface area contributed by atoms with Gasteiger partial charge in [-0.2, -0.15) is 0 Å². The fourth-order valence-electron chi connectivity index (χ4n) is 3.06. The van der Waals surface area contributed by atoms with Crippen LogP contribution in [0.25, 0.3) is 0 Å². The maximum absolute atomic E-state index is 5.59. The second-order valence-corrected chi connectivity index (χ2v) is 8.03. The number of ether oxygens (including phenoxy) is 1. The zero-order chi connectivity index (χ0) is 19.8. The molecule has 1 saturated heterocycles. The van der Waals surface area contributed by atoms with Gasteiger partial charge in [0.25, 0.3) is 0 Å². The number of hydrogen-bond donors (Lipinski definition) is 2. The number of hydrogen-bond acceptors (Lipinski definition) is 6. The van der Waals surface area contributed by atoms with E-state index in [0.717, 1.165) is 61.4 Å². The average Bonchev–Trinajstić information content (AvgIpc) is 3.19. The molecule has 3 rings (SSSR count). The molecule has 7 nitrogen and oxygen atoms in total. The molecule has 0 saturated carbocycles. The molecule has 1 atom stereocenters. The van der Waals surface area contributed by atoms with Gasteiger partial charge in [-0.3, -0.25) is 4.99 Å². The molecule has 3 heterocycles. The smallest absolute Gasteiger partial charge is 0.191 e. The van der Waals surface area contributed by atoms with Crippen LogP contribution < -0.4 is 15.5 Å². The van der Waals surface area contributed by atoms with Crippen molar-refractivity contribution in [3.8, 4) is 0 Å². The number of pyridine rings is 1. The van der Waals surface area contributed by atoms with Crippen molar-refractivity contribution < 1.29 is 4.74 Å². The summed E-state index contributed by atoms with van der Waals surface area (Å²) >= 11 is 1.78. The lowest BCUT2D eigenvalue weighted by atomic mass is 10.2. The normalized spacial score (nSPS) is 17.6. The average molecular weight is 403 g/mol. The van der Waals surface area contributed by atoms with Gasteiger partial charge >= 0.3 is 0 Å². The highest BCUT2D eigenvalue weighted by molar-refractivity contribution is 7.11. The molecule has 1 aliphatic heterocycles. The number of morpholine rings is 1. The van der Waals surface area contributed by atoms with E-state index in [-0.39, 0.29) is 6.10 Å². The van der Waals surface area contributed by atoms with E-state index >= 15 is 0 Å². The molecule has 8 heteroatoms. The third-order valence-corrected chi connectivity index (χ3v) is 5.84. The standard InChI is InChI=1S/C20H30N6OS/c1-4-17-13-24-19(28-17)7-8-22-20(21-3)25-12-16-5-6-18(23-11-16)26-9-10-27-15(2)14-26/h5-6,11,13,15H,4,7-10,12,14H2,1-3H3,(H2,21,22,25). The molecule has 0 aromatic carbocycles. The lowest BCUT2D eigenvalue weighted by molar-refractivity contribution is 0.0529. The van der Waals surface area contributed by atoms with E-state index in [2.05, 4.69) is 56.5 Å². The maximum atomic E-state index is 5.59. The number of nitrogens with zero attached hydrogens (tertiary/aromatic N) is 4. The molecular weight excluding hydrogens is 372 g/mol. The van der Waals surface area contributed by atoms with Crippen molar-refractivity contribution in [2.75, 3.05) is 38.2 Å². The topological polar surface area (TPSA) is 74.7 Å². The number of guanidine groups is 1. The Hall–Kier alpha value is -2.19. The SMILES string of the molecule is CCc1cnc(CCNC(=NC)NCc2ccc(N3CCOC(C)C3)nc2)s1. The highest BCUT2D eigenvalue weighted by Gasteiger charge is 2.17. The molecule has 152 valence electrons. The molecule has 0 aliphatic carbocycles. The van der Waals surface area contributed by atoms with Crippen LogP contribution in [0.2, 0.25) is 0 Å². The molecule has 1 fully saturated rings. The van der Waals surface area contributed by atoms with E-state index in [0.29, 0.717) is 6.54 Å². The van der Waals surface area contributed by atoms with Gasteiger partial charge in [-0.25, -0.2) is 9.97 Å². The second kappa shape index (κ2) is 10.4. The van der Waals surface area contributed by atoms with Crippen molar-refractivity contribution in [2.24, 2.45) is 4.99 Å². The highest BCUT2D eigenvalue weighted by Crippen LogP contribution is 2.15. The summed E-state index contributed by atoms with van der Waals surface area (Å²) in [6.07, 6.45) is 6.11. The fraction of sp³-hybridized carbons (Fsp3) is 0.550. The predicted molar refractivity (Wildman–Crippen MR) is 115 cm³/mol. The second-order valence-electron chi connectivity index (χ2n) is 6.83. The van der Waals surface area contributed by atoms with Gasteiger partial charge < -0.3 is 20.3 Å². The summed E-state index contributed by atoms with van der Waals surface area (Å²) in [5.41, 5.74) is 1.13. The Labute approximate surface area is 171 Å². The molecule has 2 aromatic rings. The molecule has 1 unspecified atom stereocenters. The first kappa shape index (κ1) is 20.5. The van der Waals surface area contributed by atoms with E-state index < -0.39 is 0 Å². The largest absolute Gasteiger partial charge is 0.375 e. The van der Waals surface area contributed by atoms with Gasteiger partial charge in [0.15, 0.2) is 5.96 Å². The summed E-state index contributed by atoms with van der Waals surface area (Å²) in [4.78, 5) is 17.0. The summed E-state index contributed by atoms with van der Waals surface area (Å²) < 4.78 is 5.59. The number of nitrogens with one attached hydrogen (secondary N) is 2. The summed E-state index contributed by atoms with van der Waals surface area (Å²) in [5.74, 6) is 1.80. The Morgan fingerprint density at radius 2 is 2.21 bits per heavy atom. The van der Waals surface area contributed by atoms with Gasteiger partial charge in [0, 0.05) is 56.9 Å². The predicted octanol–water partition coefficient (Wildman–Crippen LogP) is 2.23. The van der Waals surface area contributed by atoms with Crippen molar-refractivity contribution in [3.05, 3.63) is 40.0 Å². The Morgan fingerprint density at radius 1 is 1.32 bits per heavy atom. The summed E-state index contributed by atoms with van der Waals surface area (Å²) in [6.45, 7) is 8.29. The minimum atomic E-state index is 0.254. The number of anilines is 1. The number of aromatic nitrogens is 2. The summed E-state index contributed by atoms with van der Waals surface area (Å²) in [6, 6.07) is 4.20. The Kier molecular flexibility index (Phi) is 7.62. The molecule has 0 amide bonds. The lowest BCUT2D eigenvalue weighted by Crippen LogP contribution is -2.41. The van der Waals surface area contributed by atoms with Crippen molar-refractivity contribution >= 4 is 23.1 Å². The first-order chi connectivity index (χ1) is 13.7. The van der Waals surface area contributed by atoms with Crippen LogP contribution in [0.15, 0.2) is 29.5 Å². The van der Waals surface area contributed by atoms with Crippen LogP contribution in [-0.4, -0.2) is 55.3 Å². The van der Waals surface area contributed by atoms with Gasteiger partial charge in [0.2, 0.25) is 0 Å². The fourth-order valence-corrected chi connectivity index (χ4v) is 3.92. The van der Waals surface area contributed by atoms with Crippen LogP contribution in [-0.2, 0) is 24.1 Å². The maximum Gasteiger partial charge on any atom is 0.191 e. The number of rotatable bonds is 7. The lowest BCUT2D eigenvalue weighted by Gasteiger charge is -2.32. The molecule has 0 bridgehead atoms. The van der Waals surface area contributed by atoms with E-state index in [1.807, 2.05) is 12.4 Å². The number of aliphatic imine (C=N–C) groups is 1. The molecule has 28 heavy (non-hydrogen) atoms.